The van der Waals surface area contributed by atoms with Crippen LogP contribution in [-0.4, -0.2) is 18.6 Å². The molecule has 92 valence electrons. The van der Waals surface area contributed by atoms with Gasteiger partial charge in [-0.2, -0.15) is 18.4 Å². The molecule has 1 heterocycles. The van der Waals surface area contributed by atoms with Gasteiger partial charge >= 0.3 is 6.18 Å². The molecule has 1 aromatic heterocycles. The number of alkyl halides is 3. The highest BCUT2D eigenvalue weighted by Crippen LogP contribution is 2.30. The van der Waals surface area contributed by atoms with Crippen LogP contribution in [0.25, 0.3) is 0 Å². The first-order chi connectivity index (χ1) is 7.90. The predicted molar refractivity (Wildman–Crippen MR) is 57.5 cm³/mol. The molecule has 0 saturated heterocycles. The third-order valence-electron chi connectivity index (χ3n) is 2.21. The number of rotatable bonds is 3. The van der Waals surface area contributed by atoms with Gasteiger partial charge in [-0.3, -0.25) is 0 Å². The quantitative estimate of drug-likeness (QED) is 0.819. The smallest absolute Gasteiger partial charge is 0.359 e. The molecule has 0 aromatic carbocycles. The maximum atomic E-state index is 12.5. The number of halogens is 3. The van der Waals surface area contributed by atoms with Crippen LogP contribution in [0.15, 0.2) is 12.1 Å². The van der Waals surface area contributed by atoms with Gasteiger partial charge in [0, 0.05) is 13.6 Å². The lowest BCUT2D eigenvalue weighted by atomic mass is 10.2. The number of nitriles is 1. The molecule has 3 nitrogen and oxygen atoms in total. The number of aromatic nitrogens is 1. The second-order valence-electron chi connectivity index (χ2n) is 3.60. The molecule has 0 saturated carbocycles. The Labute approximate surface area is 97.5 Å². The summed E-state index contributed by atoms with van der Waals surface area (Å²) >= 11 is 0. The molecular formula is C11H12F3N3. The molecule has 0 atom stereocenters. The molecule has 17 heavy (non-hydrogen) atoms. The number of pyridine rings is 1. The van der Waals surface area contributed by atoms with Gasteiger partial charge in [-0.25, -0.2) is 4.98 Å². The van der Waals surface area contributed by atoms with E-state index in [-0.39, 0.29) is 11.4 Å². The molecule has 0 N–H and O–H groups in total. The Balaban J connectivity index is 3.21. The van der Waals surface area contributed by atoms with E-state index in [9.17, 15) is 13.2 Å². The van der Waals surface area contributed by atoms with Crippen LogP contribution < -0.4 is 4.90 Å². The van der Waals surface area contributed by atoms with E-state index in [1.54, 1.807) is 11.9 Å². The van der Waals surface area contributed by atoms with E-state index in [1.807, 2.05) is 13.0 Å². The lowest BCUT2D eigenvalue weighted by Gasteiger charge is -2.19. The summed E-state index contributed by atoms with van der Waals surface area (Å²) in [6.07, 6.45) is -3.73. The van der Waals surface area contributed by atoms with Crippen LogP contribution in [-0.2, 0) is 6.18 Å². The second kappa shape index (κ2) is 5.04. The van der Waals surface area contributed by atoms with Crippen molar-refractivity contribution in [2.24, 2.45) is 0 Å². The van der Waals surface area contributed by atoms with Gasteiger partial charge in [0.1, 0.15) is 17.6 Å². The average Bonchev–Trinajstić information content (AvgIpc) is 2.27. The zero-order valence-corrected chi connectivity index (χ0v) is 9.54. The van der Waals surface area contributed by atoms with E-state index in [0.717, 1.165) is 18.6 Å². The van der Waals surface area contributed by atoms with E-state index < -0.39 is 11.9 Å². The van der Waals surface area contributed by atoms with Gasteiger partial charge in [-0.1, -0.05) is 6.92 Å². The number of nitrogens with zero attached hydrogens (tertiary/aromatic N) is 3. The lowest BCUT2D eigenvalue weighted by Crippen LogP contribution is -2.22. The first kappa shape index (κ1) is 13.3. The maximum Gasteiger partial charge on any atom is 0.433 e. The molecule has 0 aliphatic heterocycles. The summed E-state index contributed by atoms with van der Waals surface area (Å²) in [6.45, 7) is 2.44. The van der Waals surface area contributed by atoms with E-state index in [1.165, 1.54) is 0 Å². The van der Waals surface area contributed by atoms with E-state index in [0.29, 0.717) is 6.54 Å². The Morgan fingerprint density at radius 1 is 1.41 bits per heavy atom. The molecular weight excluding hydrogens is 231 g/mol. The average molecular weight is 243 g/mol. The monoisotopic (exact) mass is 243 g/mol. The van der Waals surface area contributed by atoms with E-state index >= 15 is 0 Å². The highest BCUT2D eigenvalue weighted by molar-refractivity contribution is 5.54. The fourth-order valence-corrected chi connectivity index (χ4v) is 1.43. The topological polar surface area (TPSA) is 39.9 Å². The van der Waals surface area contributed by atoms with Crippen molar-refractivity contribution in [3.8, 4) is 6.07 Å². The van der Waals surface area contributed by atoms with Crippen molar-refractivity contribution < 1.29 is 13.2 Å². The molecule has 0 radical (unpaired) electrons. The van der Waals surface area contributed by atoms with Gasteiger partial charge in [0.05, 0.1) is 5.56 Å². The van der Waals surface area contributed by atoms with Crippen molar-refractivity contribution in [2.75, 3.05) is 18.5 Å². The van der Waals surface area contributed by atoms with E-state index in [4.69, 9.17) is 5.26 Å². The molecule has 0 amide bonds. The third kappa shape index (κ3) is 3.09. The van der Waals surface area contributed by atoms with Gasteiger partial charge < -0.3 is 4.90 Å². The van der Waals surface area contributed by atoms with Crippen molar-refractivity contribution in [3.63, 3.8) is 0 Å². The fraction of sp³-hybridized carbons (Fsp3) is 0.455. The molecule has 1 aromatic rings. The van der Waals surface area contributed by atoms with Crippen molar-refractivity contribution in [2.45, 2.75) is 19.5 Å². The standard InChI is InChI=1S/C11H12F3N3/c1-3-6-17(2)10-8(7-15)4-5-9(16-10)11(12,13)14/h4-5H,3,6H2,1-2H3. The van der Waals surface area contributed by atoms with Crippen molar-refractivity contribution in [3.05, 3.63) is 23.4 Å². The highest BCUT2D eigenvalue weighted by Gasteiger charge is 2.33. The van der Waals surface area contributed by atoms with Crippen LogP contribution >= 0.6 is 0 Å². The first-order valence-corrected chi connectivity index (χ1v) is 5.09. The summed E-state index contributed by atoms with van der Waals surface area (Å²) in [5.41, 5.74) is -0.830. The zero-order chi connectivity index (χ0) is 13.1. The minimum absolute atomic E-state index is 0.0733. The van der Waals surface area contributed by atoms with Gasteiger partial charge in [-0.05, 0) is 18.6 Å². The Kier molecular flexibility index (Phi) is 3.94. The summed E-state index contributed by atoms with van der Waals surface area (Å²) < 4.78 is 37.5. The summed E-state index contributed by atoms with van der Waals surface area (Å²) in [5.74, 6) is 0.0733. The number of hydrogen-bond donors (Lipinski definition) is 0. The highest BCUT2D eigenvalue weighted by atomic mass is 19.4. The van der Waals surface area contributed by atoms with Crippen LogP contribution in [0.3, 0.4) is 0 Å². The fourth-order valence-electron chi connectivity index (χ4n) is 1.43. The molecule has 0 fully saturated rings. The number of hydrogen-bond acceptors (Lipinski definition) is 3. The Bertz CT molecular complexity index is 435. The van der Waals surface area contributed by atoms with E-state index in [2.05, 4.69) is 4.98 Å². The normalized spacial score (nSPS) is 11.1. The Morgan fingerprint density at radius 3 is 2.53 bits per heavy atom. The second-order valence-corrected chi connectivity index (χ2v) is 3.60. The molecule has 0 aliphatic rings. The molecule has 6 heteroatoms. The zero-order valence-electron chi connectivity index (χ0n) is 9.54. The van der Waals surface area contributed by atoms with Crippen LogP contribution in [0.4, 0.5) is 19.0 Å². The molecule has 0 unspecified atom stereocenters. The third-order valence-corrected chi connectivity index (χ3v) is 2.21. The van der Waals surface area contributed by atoms with Gasteiger partial charge in [0.25, 0.3) is 0 Å². The molecule has 0 aliphatic carbocycles. The van der Waals surface area contributed by atoms with Crippen molar-refractivity contribution >= 4 is 5.82 Å². The Hall–Kier alpha value is -1.77. The molecule has 0 bridgehead atoms. The van der Waals surface area contributed by atoms with Crippen LogP contribution in [0, 0.1) is 11.3 Å². The minimum Gasteiger partial charge on any atom is -0.359 e. The summed E-state index contributed by atoms with van der Waals surface area (Å²) in [6, 6.07) is 3.81. The van der Waals surface area contributed by atoms with Gasteiger partial charge in [0.15, 0.2) is 0 Å². The largest absolute Gasteiger partial charge is 0.433 e. The maximum absolute atomic E-state index is 12.5. The van der Waals surface area contributed by atoms with Gasteiger partial charge in [-0.15, -0.1) is 0 Å². The minimum atomic E-state index is -4.49. The SMILES string of the molecule is CCCN(C)c1nc(C(F)(F)F)ccc1C#N. The van der Waals surface area contributed by atoms with Crippen LogP contribution in [0.5, 0.6) is 0 Å². The molecule has 0 spiro atoms. The van der Waals surface area contributed by atoms with Crippen molar-refractivity contribution in [1.82, 2.24) is 4.98 Å². The van der Waals surface area contributed by atoms with Gasteiger partial charge in [0.2, 0.25) is 0 Å². The summed E-state index contributed by atoms with van der Waals surface area (Å²) in [4.78, 5) is 5.06. The van der Waals surface area contributed by atoms with Crippen molar-refractivity contribution in [1.29, 1.82) is 5.26 Å². The number of anilines is 1. The van der Waals surface area contributed by atoms with Crippen LogP contribution in [0.2, 0.25) is 0 Å². The first-order valence-electron chi connectivity index (χ1n) is 5.09. The lowest BCUT2D eigenvalue weighted by molar-refractivity contribution is -0.141. The van der Waals surface area contributed by atoms with Crippen LogP contribution in [0.1, 0.15) is 24.6 Å². The summed E-state index contributed by atoms with van der Waals surface area (Å²) in [5, 5.41) is 8.83. The predicted octanol–water partition coefficient (Wildman–Crippen LogP) is 2.82. The molecule has 1 rings (SSSR count). The Morgan fingerprint density at radius 2 is 2.06 bits per heavy atom. The summed E-state index contributed by atoms with van der Waals surface area (Å²) in [7, 11) is 1.62.